The van der Waals surface area contributed by atoms with Crippen molar-refractivity contribution in [2.75, 3.05) is 13.1 Å². The second-order valence-corrected chi connectivity index (χ2v) is 9.13. The molecule has 7 nitrogen and oxygen atoms in total. The molecule has 0 spiro atoms. The van der Waals surface area contributed by atoms with E-state index in [4.69, 9.17) is 9.47 Å². The maximum atomic E-state index is 12.3. The predicted molar refractivity (Wildman–Crippen MR) is 121 cm³/mol. The second kappa shape index (κ2) is 8.65. The normalized spacial score (nSPS) is 16.3. The van der Waals surface area contributed by atoms with Crippen LogP contribution in [-0.2, 0) is 11.2 Å². The number of fused-ring (bicyclic) bond motifs is 1. The fraction of sp³-hybridized carbons (Fsp3) is 0.400. The molecule has 7 heteroatoms. The van der Waals surface area contributed by atoms with Gasteiger partial charge in [-0.1, -0.05) is 24.3 Å². The van der Waals surface area contributed by atoms with Crippen LogP contribution in [-0.4, -0.2) is 52.6 Å². The molecule has 2 aliphatic heterocycles. The number of benzene rings is 2. The molecule has 0 aliphatic carbocycles. The van der Waals surface area contributed by atoms with Crippen molar-refractivity contribution in [3.8, 4) is 5.75 Å². The summed E-state index contributed by atoms with van der Waals surface area (Å²) in [5.74, 6) is -0.250. The number of nitrogens with zero attached hydrogens (tertiary/aromatic N) is 2. The smallest absolute Gasteiger partial charge is 0.410 e. The average Bonchev–Trinajstić information content (AvgIpc) is 3.17. The Morgan fingerprint density at radius 2 is 1.78 bits per heavy atom. The summed E-state index contributed by atoms with van der Waals surface area (Å²) in [5.41, 5.74) is 2.80. The van der Waals surface area contributed by atoms with Crippen LogP contribution in [0.2, 0.25) is 0 Å². The van der Waals surface area contributed by atoms with Gasteiger partial charge in [-0.3, -0.25) is 4.99 Å². The zero-order valence-electron chi connectivity index (χ0n) is 18.6. The highest BCUT2D eigenvalue weighted by atomic mass is 16.6. The Labute approximate surface area is 187 Å². The number of aliphatic imine (C=N–C) groups is 1. The molecule has 0 bridgehead atoms. The third kappa shape index (κ3) is 4.77. The average molecular weight is 437 g/mol. The van der Waals surface area contributed by atoms with Crippen LogP contribution < -0.4 is 4.74 Å². The first kappa shape index (κ1) is 21.9. The molecule has 168 valence electrons. The number of para-hydroxylation sites is 2. The fourth-order valence-electron chi connectivity index (χ4n) is 4.02. The molecule has 2 aromatic rings. The van der Waals surface area contributed by atoms with Crippen molar-refractivity contribution in [1.82, 2.24) is 4.90 Å². The van der Waals surface area contributed by atoms with Crippen molar-refractivity contribution < 1.29 is 24.2 Å². The minimum atomic E-state index is -0.979. The summed E-state index contributed by atoms with van der Waals surface area (Å²) in [5, 5.41) is 9.47. The third-order valence-corrected chi connectivity index (χ3v) is 5.54. The zero-order chi connectivity index (χ0) is 22.9. The van der Waals surface area contributed by atoms with Gasteiger partial charge in [0.15, 0.2) is 0 Å². The van der Waals surface area contributed by atoms with Crippen LogP contribution in [0.5, 0.6) is 5.75 Å². The van der Waals surface area contributed by atoms with Crippen LogP contribution >= 0.6 is 0 Å². The molecule has 1 saturated heterocycles. The summed E-state index contributed by atoms with van der Waals surface area (Å²) in [6, 6.07) is 13.0. The SMILES string of the molecule is CC(C)(C)OC(=O)N1CCC(Oc2ccccc2C2=Nc3c(cccc3C(=O)O)C2)CC1. The Hall–Kier alpha value is -3.35. The van der Waals surface area contributed by atoms with Crippen molar-refractivity contribution in [2.45, 2.75) is 51.7 Å². The monoisotopic (exact) mass is 436 g/mol. The van der Waals surface area contributed by atoms with E-state index < -0.39 is 11.6 Å². The number of piperidine rings is 1. The van der Waals surface area contributed by atoms with Crippen LogP contribution in [0.1, 0.15) is 55.1 Å². The molecule has 32 heavy (non-hydrogen) atoms. The molecule has 2 aromatic carbocycles. The first-order valence-electron chi connectivity index (χ1n) is 10.9. The highest BCUT2D eigenvalue weighted by Gasteiger charge is 2.29. The number of rotatable bonds is 4. The van der Waals surface area contributed by atoms with Crippen molar-refractivity contribution in [2.24, 2.45) is 4.99 Å². The topological polar surface area (TPSA) is 88.4 Å². The highest BCUT2D eigenvalue weighted by molar-refractivity contribution is 6.10. The lowest BCUT2D eigenvalue weighted by atomic mass is 10.0. The molecule has 0 aromatic heterocycles. The molecule has 2 heterocycles. The first-order valence-corrected chi connectivity index (χ1v) is 10.9. The van der Waals surface area contributed by atoms with E-state index in [1.165, 1.54) is 0 Å². The first-order chi connectivity index (χ1) is 15.2. The number of ether oxygens (including phenoxy) is 2. The molecule has 0 radical (unpaired) electrons. The Kier molecular flexibility index (Phi) is 5.91. The van der Waals surface area contributed by atoms with E-state index in [0.717, 1.165) is 22.6 Å². The largest absolute Gasteiger partial charge is 0.490 e. The number of likely N-dealkylation sites (tertiary alicyclic amines) is 1. The maximum absolute atomic E-state index is 12.3. The molecule has 4 rings (SSSR count). The predicted octanol–water partition coefficient (Wildman–Crippen LogP) is 4.84. The number of hydrogen-bond donors (Lipinski definition) is 1. The van der Waals surface area contributed by atoms with E-state index in [2.05, 4.69) is 4.99 Å². The summed E-state index contributed by atoms with van der Waals surface area (Å²) in [4.78, 5) is 30.2. The van der Waals surface area contributed by atoms with E-state index in [9.17, 15) is 14.7 Å². The molecule has 0 saturated carbocycles. The quantitative estimate of drug-likeness (QED) is 0.741. The fourth-order valence-corrected chi connectivity index (χ4v) is 4.02. The number of hydrogen-bond acceptors (Lipinski definition) is 5. The Bertz CT molecular complexity index is 1060. The molecular weight excluding hydrogens is 408 g/mol. The van der Waals surface area contributed by atoms with Gasteiger partial charge in [0.25, 0.3) is 0 Å². The minimum Gasteiger partial charge on any atom is -0.490 e. The van der Waals surface area contributed by atoms with Gasteiger partial charge in [-0.15, -0.1) is 0 Å². The molecule has 0 unspecified atom stereocenters. The summed E-state index contributed by atoms with van der Waals surface area (Å²) >= 11 is 0. The molecule has 1 fully saturated rings. The standard InChI is InChI=1S/C25H28N2O5/c1-25(2,3)32-24(30)27-13-11-17(12-14-27)31-21-10-5-4-8-18(21)20-15-16-7-6-9-19(23(28)29)22(16)26-20/h4-10,17H,11-15H2,1-3H3,(H,28,29). The Morgan fingerprint density at radius 3 is 2.47 bits per heavy atom. The van der Waals surface area contributed by atoms with Crippen LogP contribution in [0.3, 0.4) is 0 Å². The summed E-state index contributed by atoms with van der Waals surface area (Å²) in [7, 11) is 0. The van der Waals surface area contributed by atoms with Crippen LogP contribution in [0.4, 0.5) is 10.5 Å². The van der Waals surface area contributed by atoms with Crippen LogP contribution in [0.15, 0.2) is 47.5 Å². The Balaban J connectivity index is 1.46. The van der Waals surface area contributed by atoms with Gasteiger partial charge < -0.3 is 19.5 Å². The summed E-state index contributed by atoms with van der Waals surface area (Å²) < 4.78 is 11.8. The lowest BCUT2D eigenvalue weighted by molar-refractivity contribution is 0.0126. The number of carbonyl (C=O) groups excluding carboxylic acids is 1. The molecule has 2 aliphatic rings. The number of carbonyl (C=O) groups is 2. The number of carboxylic acid groups (broad SMARTS) is 1. The van der Waals surface area contributed by atoms with E-state index in [1.54, 1.807) is 17.0 Å². The van der Waals surface area contributed by atoms with Gasteiger partial charge in [0.05, 0.1) is 17.0 Å². The van der Waals surface area contributed by atoms with E-state index in [0.29, 0.717) is 38.0 Å². The van der Waals surface area contributed by atoms with Crippen LogP contribution in [0.25, 0.3) is 0 Å². The van der Waals surface area contributed by atoms with Gasteiger partial charge in [-0.2, -0.15) is 0 Å². The van der Waals surface area contributed by atoms with Crippen molar-refractivity contribution in [1.29, 1.82) is 0 Å². The van der Waals surface area contributed by atoms with Gasteiger partial charge in [0.2, 0.25) is 0 Å². The second-order valence-electron chi connectivity index (χ2n) is 9.13. The van der Waals surface area contributed by atoms with Crippen molar-refractivity contribution >= 4 is 23.5 Å². The molecule has 1 amide bonds. The third-order valence-electron chi connectivity index (χ3n) is 5.54. The summed E-state index contributed by atoms with van der Waals surface area (Å²) in [6.07, 6.45) is 1.68. The molecular formula is C25H28N2O5. The van der Waals surface area contributed by atoms with Crippen molar-refractivity contribution in [3.05, 3.63) is 59.2 Å². The lowest BCUT2D eigenvalue weighted by Crippen LogP contribution is -2.44. The number of aromatic carboxylic acids is 1. The van der Waals surface area contributed by atoms with E-state index >= 15 is 0 Å². The highest BCUT2D eigenvalue weighted by Crippen LogP contribution is 2.35. The van der Waals surface area contributed by atoms with E-state index in [-0.39, 0.29) is 17.8 Å². The molecule has 1 N–H and O–H groups in total. The minimum absolute atomic E-state index is 0.0196. The van der Waals surface area contributed by atoms with Gasteiger partial charge in [0.1, 0.15) is 17.5 Å². The van der Waals surface area contributed by atoms with Crippen molar-refractivity contribution in [3.63, 3.8) is 0 Å². The van der Waals surface area contributed by atoms with Crippen LogP contribution in [0, 0.1) is 0 Å². The van der Waals surface area contributed by atoms with Gasteiger partial charge in [-0.05, 0) is 44.5 Å². The van der Waals surface area contributed by atoms with Gasteiger partial charge in [0, 0.05) is 37.9 Å². The zero-order valence-corrected chi connectivity index (χ0v) is 18.6. The number of amides is 1. The van der Waals surface area contributed by atoms with Gasteiger partial charge in [-0.25, -0.2) is 9.59 Å². The van der Waals surface area contributed by atoms with Gasteiger partial charge >= 0.3 is 12.1 Å². The number of carboxylic acids is 1. The lowest BCUT2D eigenvalue weighted by Gasteiger charge is -2.33. The Morgan fingerprint density at radius 1 is 1.06 bits per heavy atom. The summed E-state index contributed by atoms with van der Waals surface area (Å²) in [6.45, 7) is 6.75. The maximum Gasteiger partial charge on any atom is 0.410 e. The van der Waals surface area contributed by atoms with E-state index in [1.807, 2.05) is 51.1 Å². The molecule has 0 atom stereocenters.